The van der Waals surface area contributed by atoms with Gasteiger partial charge in [0.25, 0.3) is 0 Å². The molecule has 0 aliphatic heterocycles. The average molecular weight is 273 g/mol. The van der Waals surface area contributed by atoms with Crippen LogP contribution in [0, 0.1) is 0 Å². The van der Waals surface area contributed by atoms with Gasteiger partial charge in [0.1, 0.15) is 6.54 Å². The van der Waals surface area contributed by atoms with E-state index in [1.807, 2.05) is 28.8 Å². The highest BCUT2D eigenvalue weighted by Crippen LogP contribution is 2.18. The van der Waals surface area contributed by atoms with Crippen molar-refractivity contribution in [1.82, 2.24) is 14.9 Å². The SMILES string of the molecule is O=C(Cn1cnc2ccccc21)N[C@@H]1CCCC[C@H]1O. The number of aliphatic hydroxyl groups is 1. The first-order valence-electron chi connectivity index (χ1n) is 7.11. The number of hydrogen-bond donors (Lipinski definition) is 2. The number of imidazole rings is 1. The summed E-state index contributed by atoms with van der Waals surface area (Å²) < 4.78 is 1.83. The lowest BCUT2D eigenvalue weighted by Gasteiger charge is -2.28. The lowest BCUT2D eigenvalue weighted by molar-refractivity contribution is -0.123. The number of aliphatic hydroxyl groups excluding tert-OH is 1. The minimum absolute atomic E-state index is 0.0703. The molecule has 1 amide bonds. The second kappa shape index (κ2) is 5.63. The van der Waals surface area contributed by atoms with Gasteiger partial charge in [-0.25, -0.2) is 4.98 Å². The Labute approximate surface area is 117 Å². The number of para-hydroxylation sites is 2. The first-order valence-corrected chi connectivity index (χ1v) is 7.11. The van der Waals surface area contributed by atoms with E-state index < -0.39 is 6.10 Å². The summed E-state index contributed by atoms with van der Waals surface area (Å²) in [6.07, 6.45) is 5.01. The molecule has 2 atom stereocenters. The van der Waals surface area contributed by atoms with E-state index in [0.717, 1.165) is 36.7 Å². The molecule has 1 aromatic heterocycles. The van der Waals surface area contributed by atoms with E-state index in [-0.39, 0.29) is 18.5 Å². The predicted octanol–water partition coefficient (Wildman–Crippen LogP) is 1.46. The smallest absolute Gasteiger partial charge is 0.240 e. The highest BCUT2D eigenvalue weighted by molar-refractivity contribution is 5.80. The van der Waals surface area contributed by atoms with Crippen LogP contribution in [-0.2, 0) is 11.3 Å². The lowest BCUT2D eigenvalue weighted by Crippen LogP contribution is -2.46. The number of amides is 1. The molecule has 0 saturated heterocycles. The van der Waals surface area contributed by atoms with Gasteiger partial charge in [-0.15, -0.1) is 0 Å². The van der Waals surface area contributed by atoms with Crippen LogP contribution < -0.4 is 5.32 Å². The zero-order valence-electron chi connectivity index (χ0n) is 11.3. The highest BCUT2D eigenvalue weighted by Gasteiger charge is 2.24. The Bertz CT molecular complexity index is 608. The molecular formula is C15H19N3O2. The molecule has 1 aliphatic carbocycles. The first-order chi connectivity index (χ1) is 9.74. The molecule has 5 heteroatoms. The minimum Gasteiger partial charge on any atom is -0.391 e. The summed E-state index contributed by atoms with van der Waals surface area (Å²) in [5.74, 6) is -0.0703. The van der Waals surface area contributed by atoms with Gasteiger partial charge < -0.3 is 15.0 Å². The van der Waals surface area contributed by atoms with Crippen LogP contribution in [0.3, 0.4) is 0 Å². The highest BCUT2D eigenvalue weighted by atomic mass is 16.3. The van der Waals surface area contributed by atoms with Gasteiger partial charge in [-0.2, -0.15) is 0 Å². The summed E-state index contributed by atoms with van der Waals surface area (Å²) in [5, 5.41) is 12.8. The fraction of sp³-hybridized carbons (Fsp3) is 0.467. The van der Waals surface area contributed by atoms with Crippen LogP contribution in [0.5, 0.6) is 0 Å². The van der Waals surface area contributed by atoms with Crippen molar-refractivity contribution < 1.29 is 9.90 Å². The molecule has 0 bridgehead atoms. The molecule has 1 saturated carbocycles. The Morgan fingerprint density at radius 2 is 2.15 bits per heavy atom. The number of carbonyl (C=O) groups is 1. The van der Waals surface area contributed by atoms with Crippen molar-refractivity contribution >= 4 is 16.9 Å². The number of carbonyl (C=O) groups excluding carboxylic acids is 1. The van der Waals surface area contributed by atoms with E-state index in [1.54, 1.807) is 6.33 Å². The van der Waals surface area contributed by atoms with Crippen molar-refractivity contribution in [2.45, 2.75) is 44.4 Å². The van der Waals surface area contributed by atoms with Crippen LogP contribution in [0.25, 0.3) is 11.0 Å². The molecule has 0 unspecified atom stereocenters. The summed E-state index contributed by atoms with van der Waals surface area (Å²) in [4.78, 5) is 16.4. The van der Waals surface area contributed by atoms with Crippen LogP contribution in [0.2, 0.25) is 0 Å². The Kier molecular flexibility index (Phi) is 3.69. The molecule has 0 radical (unpaired) electrons. The monoisotopic (exact) mass is 273 g/mol. The van der Waals surface area contributed by atoms with Crippen molar-refractivity contribution in [3.63, 3.8) is 0 Å². The zero-order chi connectivity index (χ0) is 13.9. The van der Waals surface area contributed by atoms with Gasteiger partial charge in [0, 0.05) is 0 Å². The van der Waals surface area contributed by atoms with E-state index in [2.05, 4.69) is 10.3 Å². The largest absolute Gasteiger partial charge is 0.391 e. The molecule has 106 valence electrons. The van der Waals surface area contributed by atoms with E-state index in [9.17, 15) is 9.90 Å². The predicted molar refractivity (Wildman–Crippen MR) is 76.1 cm³/mol. The van der Waals surface area contributed by atoms with Crippen LogP contribution in [0.15, 0.2) is 30.6 Å². The summed E-state index contributed by atoms with van der Waals surface area (Å²) in [5.41, 5.74) is 1.84. The number of aromatic nitrogens is 2. The second-order valence-electron chi connectivity index (χ2n) is 5.39. The van der Waals surface area contributed by atoms with Crippen LogP contribution in [0.4, 0.5) is 0 Å². The maximum Gasteiger partial charge on any atom is 0.240 e. The van der Waals surface area contributed by atoms with Crippen molar-refractivity contribution in [3.05, 3.63) is 30.6 Å². The summed E-state index contributed by atoms with van der Waals surface area (Å²) in [6.45, 7) is 0.240. The van der Waals surface area contributed by atoms with Gasteiger partial charge in [0.15, 0.2) is 0 Å². The molecule has 1 fully saturated rings. The molecule has 20 heavy (non-hydrogen) atoms. The topological polar surface area (TPSA) is 67.2 Å². The molecule has 2 N–H and O–H groups in total. The number of nitrogens with one attached hydrogen (secondary N) is 1. The second-order valence-corrected chi connectivity index (χ2v) is 5.39. The maximum absolute atomic E-state index is 12.1. The zero-order valence-corrected chi connectivity index (χ0v) is 11.3. The van der Waals surface area contributed by atoms with Crippen LogP contribution in [-0.4, -0.2) is 32.7 Å². The molecule has 1 aromatic carbocycles. The van der Waals surface area contributed by atoms with E-state index in [4.69, 9.17) is 0 Å². The van der Waals surface area contributed by atoms with Crippen LogP contribution in [0.1, 0.15) is 25.7 Å². The summed E-state index contributed by atoms with van der Waals surface area (Å²) >= 11 is 0. The third kappa shape index (κ3) is 2.67. The van der Waals surface area contributed by atoms with Crippen molar-refractivity contribution in [2.24, 2.45) is 0 Å². The molecule has 5 nitrogen and oxygen atoms in total. The van der Waals surface area contributed by atoms with E-state index in [1.165, 1.54) is 0 Å². The fourth-order valence-corrected chi connectivity index (χ4v) is 2.82. The number of rotatable bonds is 3. The van der Waals surface area contributed by atoms with Crippen molar-refractivity contribution in [2.75, 3.05) is 0 Å². The molecule has 3 rings (SSSR count). The van der Waals surface area contributed by atoms with E-state index in [0.29, 0.717) is 0 Å². The summed E-state index contributed by atoms with van der Waals surface area (Å²) in [6, 6.07) is 7.63. The molecule has 1 aliphatic rings. The molecule has 0 spiro atoms. The fourth-order valence-electron chi connectivity index (χ4n) is 2.82. The Morgan fingerprint density at radius 3 is 3.00 bits per heavy atom. The Morgan fingerprint density at radius 1 is 1.35 bits per heavy atom. The van der Waals surface area contributed by atoms with Crippen molar-refractivity contribution in [1.29, 1.82) is 0 Å². The summed E-state index contributed by atoms with van der Waals surface area (Å²) in [7, 11) is 0. The number of benzene rings is 1. The van der Waals surface area contributed by atoms with Gasteiger partial charge >= 0.3 is 0 Å². The minimum atomic E-state index is -0.410. The molecule has 2 aromatic rings. The number of hydrogen-bond acceptors (Lipinski definition) is 3. The van der Waals surface area contributed by atoms with E-state index >= 15 is 0 Å². The Hall–Kier alpha value is -1.88. The number of fused-ring (bicyclic) bond motifs is 1. The third-order valence-electron chi connectivity index (χ3n) is 3.92. The van der Waals surface area contributed by atoms with Gasteiger partial charge in [0.05, 0.1) is 29.5 Å². The molecular weight excluding hydrogens is 254 g/mol. The normalized spacial score (nSPS) is 22.9. The first kappa shape index (κ1) is 13.1. The van der Waals surface area contributed by atoms with Gasteiger partial charge in [0.2, 0.25) is 5.91 Å². The standard InChI is InChI=1S/C15H19N3O2/c19-14-8-4-2-6-12(14)17-15(20)9-18-10-16-11-5-1-3-7-13(11)18/h1,3,5,7,10,12,14,19H,2,4,6,8-9H2,(H,17,20)/t12-,14-/m1/s1. The van der Waals surface area contributed by atoms with Gasteiger partial charge in [-0.05, 0) is 25.0 Å². The average Bonchev–Trinajstić information content (AvgIpc) is 2.85. The quantitative estimate of drug-likeness (QED) is 0.889. The van der Waals surface area contributed by atoms with Gasteiger partial charge in [-0.1, -0.05) is 25.0 Å². The lowest BCUT2D eigenvalue weighted by atomic mass is 9.92. The third-order valence-corrected chi connectivity index (χ3v) is 3.92. The molecule has 1 heterocycles. The maximum atomic E-state index is 12.1. The number of nitrogens with zero attached hydrogens (tertiary/aromatic N) is 2. The van der Waals surface area contributed by atoms with Crippen molar-refractivity contribution in [3.8, 4) is 0 Å². The Balaban J connectivity index is 1.66. The van der Waals surface area contributed by atoms with Gasteiger partial charge in [-0.3, -0.25) is 4.79 Å². The van der Waals surface area contributed by atoms with Crippen LogP contribution >= 0.6 is 0 Å².